The maximum Gasteiger partial charge on any atom is 0.150 e. The van der Waals surface area contributed by atoms with Gasteiger partial charge in [-0.05, 0) is 12.3 Å². The van der Waals surface area contributed by atoms with Gasteiger partial charge in [0.15, 0.2) is 5.78 Å². The Morgan fingerprint density at radius 2 is 2.00 bits per heavy atom. The molecule has 0 heterocycles. The number of ketones is 1. The molecule has 60 valence electrons. The zero-order chi connectivity index (χ0) is 8.15. The highest BCUT2D eigenvalue weighted by atomic mass is 35.5. The first-order valence-electron chi connectivity index (χ1n) is 3.76. The molecule has 0 aliphatic carbocycles. The van der Waals surface area contributed by atoms with Crippen LogP contribution < -0.4 is 0 Å². The molecular formula is C8H15ClO. The smallest absolute Gasteiger partial charge is 0.150 e. The summed E-state index contributed by atoms with van der Waals surface area (Å²) in [5.74, 6) is 0.444. The molecule has 0 fully saturated rings. The van der Waals surface area contributed by atoms with Crippen molar-refractivity contribution in [3.8, 4) is 0 Å². The summed E-state index contributed by atoms with van der Waals surface area (Å²) < 4.78 is 0. The fourth-order valence-electron chi connectivity index (χ4n) is 0.756. The lowest BCUT2D eigenvalue weighted by Crippen LogP contribution is -2.19. The molecular weight excluding hydrogens is 148 g/mol. The molecule has 1 nitrogen and oxygen atoms in total. The summed E-state index contributed by atoms with van der Waals surface area (Å²) in [7, 11) is 0. The van der Waals surface area contributed by atoms with E-state index in [0.717, 1.165) is 6.42 Å². The maximum absolute atomic E-state index is 11.1. The Bertz CT molecular complexity index is 110. The van der Waals surface area contributed by atoms with Gasteiger partial charge in [0.2, 0.25) is 0 Å². The van der Waals surface area contributed by atoms with Gasteiger partial charge in [-0.2, -0.15) is 0 Å². The van der Waals surface area contributed by atoms with Crippen molar-refractivity contribution in [3.63, 3.8) is 0 Å². The van der Waals surface area contributed by atoms with Crippen LogP contribution in [0.1, 0.15) is 33.6 Å². The number of hydrogen-bond acceptors (Lipinski definition) is 1. The second-order valence-corrected chi connectivity index (χ2v) is 3.33. The number of hydrogen-bond donors (Lipinski definition) is 0. The zero-order valence-corrected chi connectivity index (χ0v) is 7.61. The molecule has 0 rings (SSSR count). The molecule has 1 unspecified atom stereocenters. The summed E-state index contributed by atoms with van der Waals surface area (Å²) in [6, 6.07) is 0. The van der Waals surface area contributed by atoms with E-state index in [2.05, 4.69) is 0 Å². The minimum Gasteiger partial charge on any atom is -0.298 e. The van der Waals surface area contributed by atoms with Crippen molar-refractivity contribution in [2.45, 2.75) is 39.0 Å². The number of carbonyl (C=O) groups is 1. The third-order valence-electron chi connectivity index (χ3n) is 1.39. The average Bonchev–Trinajstić information content (AvgIpc) is 1.87. The Labute approximate surface area is 67.8 Å². The summed E-state index contributed by atoms with van der Waals surface area (Å²) in [6.07, 6.45) is 1.52. The molecule has 1 atom stereocenters. The van der Waals surface area contributed by atoms with E-state index < -0.39 is 0 Å². The largest absolute Gasteiger partial charge is 0.298 e. The van der Waals surface area contributed by atoms with Crippen molar-refractivity contribution in [2.75, 3.05) is 0 Å². The third-order valence-corrected chi connectivity index (χ3v) is 2.14. The maximum atomic E-state index is 11.1. The van der Waals surface area contributed by atoms with Crippen LogP contribution in [0.3, 0.4) is 0 Å². The van der Waals surface area contributed by atoms with Crippen LogP contribution in [0.15, 0.2) is 0 Å². The van der Waals surface area contributed by atoms with Gasteiger partial charge in [-0.25, -0.2) is 0 Å². The molecule has 0 aromatic carbocycles. The second-order valence-electron chi connectivity index (χ2n) is 2.86. The van der Waals surface area contributed by atoms with Crippen LogP contribution in [0, 0.1) is 5.92 Å². The van der Waals surface area contributed by atoms with Crippen LogP contribution in [0.5, 0.6) is 0 Å². The molecule has 0 aliphatic rings. The summed E-state index contributed by atoms with van der Waals surface area (Å²) in [5, 5.41) is -0.278. The molecule has 0 N–H and O–H groups in total. The Hall–Kier alpha value is -0.0400. The van der Waals surface area contributed by atoms with E-state index in [1.807, 2.05) is 20.8 Å². The van der Waals surface area contributed by atoms with Gasteiger partial charge in [0.1, 0.15) is 0 Å². The van der Waals surface area contributed by atoms with Gasteiger partial charge in [0, 0.05) is 6.42 Å². The fraction of sp³-hybridized carbons (Fsp3) is 0.875. The fourth-order valence-corrected chi connectivity index (χ4v) is 0.865. The second kappa shape index (κ2) is 4.73. The van der Waals surface area contributed by atoms with Crippen LogP contribution in [-0.2, 0) is 4.79 Å². The van der Waals surface area contributed by atoms with Crippen LogP contribution in [0.2, 0.25) is 0 Å². The van der Waals surface area contributed by atoms with Crippen LogP contribution in [0.25, 0.3) is 0 Å². The highest BCUT2D eigenvalue weighted by Gasteiger charge is 2.17. The van der Waals surface area contributed by atoms with Crippen molar-refractivity contribution in [3.05, 3.63) is 0 Å². The first-order chi connectivity index (χ1) is 4.59. The lowest BCUT2D eigenvalue weighted by atomic mass is 10.0. The number of rotatable bonds is 4. The van der Waals surface area contributed by atoms with Gasteiger partial charge in [0.25, 0.3) is 0 Å². The Morgan fingerprint density at radius 1 is 1.50 bits per heavy atom. The predicted octanol–water partition coefficient (Wildman–Crippen LogP) is 2.62. The Kier molecular flexibility index (Phi) is 4.71. The summed E-state index contributed by atoms with van der Waals surface area (Å²) >= 11 is 5.80. The summed E-state index contributed by atoms with van der Waals surface area (Å²) in [5.41, 5.74) is 0. The van der Waals surface area contributed by atoms with Gasteiger partial charge in [0.05, 0.1) is 5.38 Å². The van der Waals surface area contributed by atoms with Crippen molar-refractivity contribution < 1.29 is 4.79 Å². The minimum absolute atomic E-state index is 0.180. The highest BCUT2D eigenvalue weighted by Crippen LogP contribution is 2.12. The number of carbonyl (C=O) groups excluding carboxylic acids is 1. The van der Waals surface area contributed by atoms with E-state index in [4.69, 9.17) is 11.6 Å². The van der Waals surface area contributed by atoms with Crippen molar-refractivity contribution >= 4 is 17.4 Å². The van der Waals surface area contributed by atoms with Crippen LogP contribution >= 0.6 is 11.6 Å². The van der Waals surface area contributed by atoms with Gasteiger partial charge in [-0.15, -0.1) is 11.6 Å². The molecule has 0 spiro atoms. The first kappa shape index (κ1) is 9.96. The molecule has 0 amide bonds. The minimum atomic E-state index is -0.278. The molecule has 0 aromatic heterocycles. The van der Waals surface area contributed by atoms with Gasteiger partial charge in [-0.1, -0.05) is 20.8 Å². The van der Waals surface area contributed by atoms with Gasteiger partial charge in [-0.3, -0.25) is 4.79 Å². The van der Waals surface area contributed by atoms with E-state index in [1.54, 1.807) is 0 Å². The van der Waals surface area contributed by atoms with E-state index in [0.29, 0.717) is 6.42 Å². The molecule has 0 aromatic rings. The normalized spacial score (nSPS) is 13.7. The molecule has 0 aliphatic heterocycles. The van der Waals surface area contributed by atoms with Crippen LogP contribution in [-0.4, -0.2) is 11.2 Å². The number of alkyl halides is 1. The molecule has 0 saturated heterocycles. The summed E-state index contributed by atoms with van der Waals surface area (Å²) in [4.78, 5) is 11.1. The Balaban J connectivity index is 3.71. The van der Waals surface area contributed by atoms with E-state index >= 15 is 0 Å². The van der Waals surface area contributed by atoms with Crippen molar-refractivity contribution in [1.82, 2.24) is 0 Å². The first-order valence-corrected chi connectivity index (χ1v) is 4.20. The standard InChI is InChI=1S/C8H15ClO/c1-4-5-7(10)8(9)6(2)3/h6,8H,4-5H2,1-3H3. The predicted molar refractivity (Wildman–Crippen MR) is 44.4 cm³/mol. The van der Waals surface area contributed by atoms with Gasteiger partial charge >= 0.3 is 0 Å². The lowest BCUT2D eigenvalue weighted by molar-refractivity contribution is -0.119. The number of halogens is 1. The Morgan fingerprint density at radius 3 is 2.30 bits per heavy atom. The third kappa shape index (κ3) is 3.21. The molecule has 10 heavy (non-hydrogen) atoms. The molecule has 0 bridgehead atoms. The highest BCUT2D eigenvalue weighted by molar-refractivity contribution is 6.31. The van der Waals surface area contributed by atoms with Gasteiger partial charge < -0.3 is 0 Å². The van der Waals surface area contributed by atoms with Crippen molar-refractivity contribution in [1.29, 1.82) is 0 Å². The van der Waals surface area contributed by atoms with Crippen molar-refractivity contribution in [2.24, 2.45) is 5.92 Å². The van der Waals surface area contributed by atoms with E-state index in [1.165, 1.54) is 0 Å². The summed E-state index contributed by atoms with van der Waals surface area (Å²) in [6.45, 7) is 5.91. The van der Waals surface area contributed by atoms with E-state index in [9.17, 15) is 4.79 Å². The molecule has 0 radical (unpaired) electrons. The van der Waals surface area contributed by atoms with E-state index in [-0.39, 0.29) is 17.1 Å². The zero-order valence-electron chi connectivity index (χ0n) is 6.86. The quantitative estimate of drug-likeness (QED) is 0.581. The average molecular weight is 163 g/mol. The molecule has 0 saturated carbocycles. The molecule has 2 heteroatoms. The number of Topliss-reactive ketones (excluding diaryl/α,β-unsaturated/α-hetero) is 1. The SMILES string of the molecule is CCCC(=O)C(Cl)C(C)C. The monoisotopic (exact) mass is 162 g/mol. The lowest BCUT2D eigenvalue weighted by Gasteiger charge is -2.10. The van der Waals surface area contributed by atoms with Crippen LogP contribution in [0.4, 0.5) is 0 Å². The topological polar surface area (TPSA) is 17.1 Å².